The van der Waals surface area contributed by atoms with E-state index in [0.717, 1.165) is 16.9 Å². The number of para-hydroxylation sites is 1. The Labute approximate surface area is 153 Å². The van der Waals surface area contributed by atoms with Gasteiger partial charge in [0.2, 0.25) is 0 Å². The standard InChI is InChI=1S/C21H24FNO3/c1-21(2,3)26-20(24)23(4)13-15-11-14-7-5-6-8-18(14)25-19-10-9-16(22)12-17(15)19/h5-10,12,15H,11,13H2,1-4H3/t15-/m0/s1. The first-order chi connectivity index (χ1) is 12.2. The normalized spacial score (nSPS) is 16.0. The van der Waals surface area contributed by atoms with Gasteiger partial charge in [-0.1, -0.05) is 18.2 Å². The van der Waals surface area contributed by atoms with Gasteiger partial charge in [-0.25, -0.2) is 9.18 Å². The van der Waals surface area contributed by atoms with Crippen molar-refractivity contribution in [3.63, 3.8) is 0 Å². The Bertz CT molecular complexity index is 813. The van der Waals surface area contributed by atoms with Crippen LogP contribution in [0.5, 0.6) is 11.5 Å². The molecule has 0 saturated carbocycles. The van der Waals surface area contributed by atoms with E-state index in [1.807, 2.05) is 45.0 Å². The molecule has 0 fully saturated rings. The summed E-state index contributed by atoms with van der Waals surface area (Å²) in [6.07, 6.45) is 0.258. The van der Waals surface area contributed by atoms with E-state index >= 15 is 0 Å². The molecule has 0 N–H and O–H groups in total. The summed E-state index contributed by atoms with van der Waals surface area (Å²) in [4.78, 5) is 13.9. The molecule has 2 aromatic rings. The van der Waals surface area contributed by atoms with Gasteiger partial charge in [-0.3, -0.25) is 0 Å². The van der Waals surface area contributed by atoms with Crippen molar-refractivity contribution >= 4 is 6.09 Å². The van der Waals surface area contributed by atoms with E-state index in [0.29, 0.717) is 18.7 Å². The molecule has 0 radical (unpaired) electrons. The summed E-state index contributed by atoms with van der Waals surface area (Å²) in [5.74, 6) is 0.979. The van der Waals surface area contributed by atoms with Crippen LogP contribution in [0.2, 0.25) is 0 Å². The summed E-state index contributed by atoms with van der Waals surface area (Å²) in [7, 11) is 1.70. The molecule has 5 heteroatoms. The molecule has 2 aromatic carbocycles. The molecule has 26 heavy (non-hydrogen) atoms. The lowest BCUT2D eigenvalue weighted by Gasteiger charge is -2.27. The third kappa shape index (κ3) is 4.15. The van der Waals surface area contributed by atoms with Gasteiger partial charge in [-0.15, -0.1) is 0 Å². The summed E-state index contributed by atoms with van der Waals surface area (Å²) < 4.78 is 25.3. The Hall–Kier alpha value is -2.56. The summed E-state index contributed by atoms with van der Waals surface area (Å²) >= 11 is 0. The molecule has 4 nitrogen and oxygen atoms in total. The van der Waals surface area contributed by atoms with Crippen LogP contribution >= 0.6 is 0 Å². The predicted molar refractivity (Wildman–Crippen MR) is 98.2 cm³/mol. The number of carbonyl (C=O) groups is 1. The maximum atomic E-state index is 13.9. The highest BCUT2D eigenvalue weighted by atomic mass is 19.1. The Morgan fingerprint density at radius 1 is 1.23 bits per heavy atom. The van der Waals surface area contributed by atoms with Crippen LogP contribution < -0.4 is 4.74 Å². The molecule has 0 unspecified atom stereocenters. The number of hydrogen-bond donors (Lipinski definition) is 0. The van der Waals surface area contributed by atoms with Crippen molar-refractivity contribution in [1.29, 1.82) is 0 Å². The smallest absolute Gasteiger partial charge is 0.410 e. The molecule has 1 aliphatic heterocycles. The summed E-state index contributed by atoms with van der Waals surface area (Å²) in [5.41, 5.74) is 1.23. The van der Waals surface area contributed by atoms with Crippen LogP contribution in [0.3, 0.4) is 0 Å². The molecule has 0 saturated heterocycles. The molecular formula is C21H24FNO3. The van der Waals surface area contributed by atoms with Crippen LogP contribution in [0.4, 0.5) is 9.18 Å². The van der Waals surface area contributed by atoms with Gasteiger partial charge in [0.05, 0.1) is 0 Å². The number of rotatable bonds is 2. The van der Waals surface area contributed by atoms with E-state index in [2.05, 4.69) is 0 Å². The number of amides is 1. The topological polar surface area (TPSA) is 38.8 Å². The Balaban J connectivity index is 1.90. The van der Waals surface area contributed by atoms with Crippen molar-refractivity contribution in [2.75, 3.05) is 13.6 Å². The van der Waals surface area contributed by atoms with Crippen LogP contribution in [0, 0.1) is 5.82 Å². The van der Waals surface area contributed by atoms with Crippen LogP contribution in [-0.4, -0.2) is 30.2 Å². The quantitative estimate of drug-likeness (QED) is 0.748. The maximum absolute atomic E-state index is 13.9. The van der Waals surface area contributed by atoms with E-state index < -0.39 is 11.7 Å². The zero-order chi connectivity index (χ0) is 18.9. The zero-order valence-corrected chi connectivity index (χ0v) is 15.6. The van der Waals surface area contributed by atoms with Gasteiger partial charge in [0.15, 0.2) is 0 Å². The second kappa shape index (κ2) is 6.98. The highest BCUT2D eigenvalue weighted by molar-refractivity contribution is 5.68. The fourth-order valence-corrected chi connectivity index (χ4v) is 3.11. The van der Waals surface area contributed by atoms with Crippen LogP contribution in [0.25, 0.3) is 0 Å². The summed E-state index contributed by atoms with van der Waals surface area (Å²) in [6, 6.07) is 12.3. The van der Waals surface area contributed by atoms with Gasteiger partial charge in [0.25, 0.3) is 0 Å². The largest absolute Gasteiger partial charge is 0.457 e. The Morgan fingerprint density at radius 3 is 2.69 bits per heavy atom. The second-order valence-electron chi connectivity index (χ2n) is 7.65. The Kier molecular flexibility index (Phi) is 4.90. The van der Waals surface area contributed by atoms with Gasteiger partial charge in [-0.05, 0) is 57.0 Å². The van der Waals surface area contributed by atoms with Crippen molar-refractivity contribution in [3.8, 4) is 11.5 Å². The number of ether oxygens (including phenoxy) is 2. The molecule has 1 heterocycles. The number of halogens is 1. The third-order valence-corrected chi connectivity index (χ3v) is 4.27. The second-order valence-corrected chi connectivity index (χ2v) is 7.65. The van der Waals surface area contributed by atoms with Gasteiger partial charge in [-0.2, -0.15) is 0 Å². The number of nitrogens with zero attached hydrogens (tertiary/aromatic N) is 1. The first-order valence-electron chi connectivity index (χ1n) is 8.72. The molecule has 0 aliphatic carbocycles. The molecule has 0 spiro atoms. The van der Waals surface area contributed by atoms with Crippen molar-refractivity contribution in [3.05, 3.63) is 59.4 Å². The molecular weight excluding hydrogens is 333 g/mol. The molecule has 0 bridgehead atoms. The SMILES string of the molecule is CN(C[C@@H]1Cc2ccccc2Oc2ccc(F)cc21)C(=O)OC(C)(C)C. The van der Waals surface area contributed by atoms with Crippen LogP contribution in [0.15, 0.2) is 42.5 Å². The van der Waals surface area contributed by atoms with Gasteiger partial charge in [0.1, 0.15) is 22.9 Å². The molecule has 3 rings (SSSR count). The molecule has 1 atom stereocenters. The highest BCUT2D eigenvalue weighted by Crippen LogP contribution is 2.40. The maximum Gasteiger partial charge on any atom is 0.410 e. The van der Waals surface area contributed by atoms with Crippen LogP contribution in [-0.2, 0) is 11.2 Å². The number of hydrogen-bond acceptors (Lipinski definition) is 3. The van der Waals surface area contributed by atoms with E-state index in [1.165, 1.54) is 12.1 Å². The Morgan fingerprint density at radius 2 is 1.96 bits per heavy atom. The third-order valence-electron chi connectivity index (χ3n) is 4.27. The summed E-state index contributed by atoms with van der Waals surface area (Å²) in [6.45, 7) is 5.90. The fraction of sp³-hybridized carbons (Fsp3) is 0.381. The van der Waals surface area contributed by atoms with Crippen molar-refractivity contribution in [2.24, 2.45) is 0 Å². The van der Waals surface area contributed by atoms with Gasteiger partial charge in [0, 0.05) is 25.1 Å². The van der Waals surface area contributed by atoms with Crippen molar-refractivity contribution in [1.82, 2.24) is 4.90 Å². The lowest BCUT2D eigenvalue weighted by molar-refractivity contribution is 0.0288. The van der Waals surface area contributed by atoms with Gasteiger partial charge >= 0.3 is 6.09 Å². The van der Waals surface area contributed by atoms with E-state index in [9.17, 15) is 9.18 Å². The minimum absolute atomic E-state index is 0.0955. The predicted octanol–water partition coefficient (Wildman–Crippen LogP) is 5.12. The highest BCUT2D eigenvalue weighted by Gasteiger charge is 2.28. The molecule has 138 valence electrons. The first-order valence-corrected chi connectivity index (χ1v) is 8.72. The van der Waals surface area contributed by atoms with Gasteiger partial charge < -0.3 is 14.4 Å². The monoisotopic (exact) mass is 357 g/mol. The molecule has 1 aliphatic rings. The minimum atomic E-state index is -0.561. The average molecular weight is 357 g/mol. The number of likely N-dealkylation sites (N-methyl/N-ethyl adjacent to an activating group) is 1. The minimum Gasteiger partial charge on any atom is -0.457 e. The van der Waals surface area contributed by atoms with E-state index in [-0.39, 0.29) is 11.7 Å². The van der Waals surface area contributed by atoms with Crippen LogP contribution in [0.1, 0.15) is 37.8 Å². The summed E-state index contributed by atoms with van der Waals surface area (Å²) in [5, 5.41) is 0. The molecule has 1 amide bonds. The average Bonchev–Trinajstić information content (AvgIpc) is 2.70. The number of carbonyl (C=O) groups excluding carboxylic acids is 1. The first kappa shape index (κ1) is 18.2. The fourth-order valence-electron chi connectivity index (χ4n) is 3.11. The lowest BCUT2D eigenvalue weighted by Crippen LogP contribution is -2.36. The van der Waals surface area contributed by atoms with Crippen molar-refractivity contribution in [2.45, 2.75) is 38.7 Å². The number of benzene rings is 2. The van der Waals surface area contributed by atoms with Crippen molar-refractivity contribution < 1.29 is 18.7 Å². The van der Waals surface area contributed by atoms with E-state index in [1.54, 1.807) is 18.0 Å². The zero-order valence-electron chi connectivity index (χ0n) is 15.6. The van der Waals surface area contributed by atoms with E-state index in [4.69, 9.17) is 9.47 Å². The number of fused-ring (bicyclic) bond motifs is 2. The molecule has 0 aromatic heterocycles. The lowest BCUT2D eigenvalue weighted by atomic mass is 9.91.